The van der Waals surface area contributed by atoms with Gasteiger partial charge in [-0.05, 0) is 66.4 Å². The first-order valence-electron chi connectivity index (χ1n) is 14.8. The number of benzene rings is 6. The molecule has 0 unspecified atom stereocenters. The highest BCUT2D eigenvalue weighted by atomic mass is 16.1. The second kappa shape index (κ2) is 8.63. The number of rotatable bonds is 3. The van der Waals surface area contributed by atoms with Crippen molar-refractivity contribution in [3.05, 3.63) is 155 Å². The number of ketones is 1. The molecule has 42 heavy (non-hydrogen) atoms. The first-order chi connectivity index (χ1) is 20.3. The fourth-order valence-electron chi connectivity index (χ4n) is 7.84. The molecule has 6 aromatic carbocycles. The molecule has 0 aliphatic heterocycles. The zero-order valence-corrected chi connectivity index (χ0v) is 24.5. The molecule has 6 aromatic rings. The topological polar surface area (TPSA) is 17.1 Å². The van der Waals surface area contributed by atoms with Crippen LogP contribution < -0.4 is 0 Å². The van der Waals surface area contributed by atoms with Gasteiger partial charge in [0.15, 0.2) is 5.78 Å². The second-order valence-electron chi connectivity index (χ2n) is 12.9. The fourth-order valence-corrected chi connectivity index (χ4v) is 7.84. The normalized spacial score (nSPS) is 15.1. The predicted molar refractivity (Wildman–Crippen MR) is 174 cm³/mol. The predicted octanol–water partition coefficient (Wildman–Crippen LogP) is 10.4. The summed E-state index contributed by atoms with van der Waals surface area (Å²) in [6.45, 7) is 9.58. The molecule has 1 heteroatoms. The molecule has 0 fully saturated rings. The SMILES string of the molecule is CC1(C)c2ccccc2-c2ccc3c(c21)C(C)(C)c1cccc2c(-c4ccc(C(=O)c5ccccc5)cc4)ccc-3c12. The van der Waals surface area contributed by atoms with Crippen LogP contribution in [0.1, 0.15) is 65.9 Å². The van der Waals surface area contributed by atoms with E-state index in [1.54, 1.807) is 0 Å². The number of hydrogen-bond acceptors (Lipinski definition) is 1. The summed E-state index contributed by atoms with van der Waals surface area (Å²) in [5, 5.41) is 2.60. The van der Waals surface area contributed by atoms with Gasteiger partial charge in [0.25, 0.3) is 0 Å². The van der Waals surface area contributed by atoms with Gasteiger partial charge in [-0.15, -0.1) is 0 Å². The lowest BCUT2D eigenvalue weighted by Crippen LogP contribution is -2.29. The lowest BCUT2D eigenvalue weighted by Gasteiger charge is -2.39. The quantitative estimate of drug-likeness (QED) is 0.204. The van der Waals surface area contributed by atoms with Crippen LogP contribution in [0, 0.1) is 0 Å². The largest absolute Gasteiger partial charge is 0.289 e. The fraction of sp³-hybridized carbons (Fsp3) is 0.146. The van der Waals surface area contributed by atoms with Crippen molar-refractivity contribution in [3.8, 4) is 33.4 Å². The average molecular weight is 541 g/mol. The maximum Gasteiger partial charge on any atom is 0.193 e. The van der Waals surface area contributed by atoms with Gasteiger partial charge in [0.1, 0.15) is 0 Å². The number of fused-ring (bicyclic) bond motifs is 6. The van der Waals surface area contributed by atoms with Crippen molar-refractivity contribution in [2.24, 2.45) is 0 Å². The maximum atomic E-state index is 13.0. The van der Waals surface area contributed by atoms with Gasteiger partial charge in [-0.1, -0.05) is 149 Å². The van der Waals surface area contributed by atoms with E-state index in [0.29, 0.717) is 11.1 Å². The molecule has 0 N–H and O–H groups in total. The molecule has 0 heterocycles. The second-order valence-corrected chi connectivity index (χ2v) is 12.9. The van der Waals surface area contributed by atoms with Crippen LogP contribution in [0.15, 0.2) is 121 Å². The Balaban J connectivity index is 1.31. The Morgan fingerprint density at radius 3 is 1.74 bits per heavy atom. The molecule has 0 spiro atoms. The summed E-state index contributed by atoms with van der Waals surface area (Å²) in [4.78, 5) is 13.0. The summed E-state index contributed by atoms with van der Waals surface area (Å²) >= 11 is 0. The summed E-state index contributed by atoms with van der Waals surface area (Å²) in [5.41, 5.74) is 14.6. The smallest absolute Gasteiger partial charge is 0.193 e. The van der Waals surface area contributed by atoms with Gasteiger partial charge < -0.3 is 0 Å². The molecule has 2 aliphatic rings. The molecule has 0 atom stereocenters. The molecule has 2 aliphatic carbocycles. The van der Waals surface area contributed by atoms with Gasteiger partial charge in [0.2, 0.25) is 0 Å². The first kappa shape index (κ1) is 25.0. The molecule has 0 amide bonds. The van der Waals surface area contributed by atoms with Crippen LogP contribution in [0.4, 0.5) is 0 Å². The third-order valence-electron chi connectivity index (χ3n) is 9.84. The Labute approximate surface area is 247 Å². The average Bonchev–Trinajstić information content (AvgIpc) is 3.26. The number of carbonyl (C=O) groups is 1. The lowest BCUT2D eigenvalue weighted by molar-refractivity contribution is 0.103. The minimum Gasteiger partial charge on any atom is -0.289 e. The lowest BCUT2D eigenvalue weighted by atomic mass is 9.63. The van der Waals surface area contributed by atoms with Gasteiger partial charge in [0, 0.05) is 22.0 Å². The van der Waals surface area contributed by atoms with Crippen molar-refractivity contribution in [1.29, 1.82) is 0 Å². The molecule has 0 saturated carbocycles. The molecule has 202 valence electrons. The summed E-state index contributed by atoms with van der Waals surface area (Å²) in [6.07, 6.45) is 0. The van der Waals surface area contributed by atoms with Crippen LogP contribution in [0.5, 0.6) is 0 Å². The standard InChI is InChI=1S/C41H32O/c1-40(2)34-15-9-8-13-29(34)32-23-24-33-31-22-21-28(25-17-19-27(20-18-25)39(42)26-11-6-5-7-12-26)30-14-10-16-35(36(30)31)41(3,4)38(33)37(32)40/h5-24H,1-4H3. The van der Waals surface area contributed by atoms with E-state index in [0.717, 1.165) is 5.56 Å². The van der Waals surface area contributed by atoms with Crippen LogP contribution in [0.3, 0.4) is 0 Å². The summed E-state index contributed by atoms with van der Waals surface area (Å²) in [5.74, 6) is 0.0509. The van der Waals surface area contributed by atoms with Gasteiger partial charge in [-0.3, -0.25) is 4.79 Å². The van der Waals surface area contributed by atoms with E-state index in [-0.39, 0.29) is 16.6 Å². The Morgan fingerprint density at radius 2 is 1.00 bits per heavy atom. The molecule has 0 bridgehead atoms. The van der Waals surface area contributed by atoms with Crippen molar-refractivity contribution in [2.75, 3.05) is 0 Å². The highest BCUT2D eigenvalue weighted by Crippen LogP contribution is 2.58. The Kier molecular flexibility index (Phi) is 5.14. The van der Waals surface area contributed by atoms with Crippen molar-refractivity contribution in [2.45, 2.75) is 38.5 Å². The number of hydrogen-bond donors (Lipinski definition) is 0. The van der Waals surface area contributed by atoms with Gasteiger partial charge >= 0.3 is 0 Å². The Morgan fingerprint density at radius 1 is 0.452 bits per heavy atom. The zero-order chi connectivity index (χ0) is 28.8. The highest BCUT2D eigenvalue weighted by molar-refractivity contribution is 6.11. The van der Waals surface area contributed by atoms with Gasteiger partial charge in [0.05, 0.1) is 0 Å². The van der Waals surface area contributed by atoms with Crippen molar-refractivity contribution >= 4 is 16.6 Å². The van der Waals surface area contributed by atoms with Crippen molar-refractivity contribution in [3.63, 3.8) is 0 Å². The Bertz CT molecular complexity index is 2080. The highest BCUT2D eigenvalue weighted by Gasteiger charge is 2.44. The van der Waals surface area contributed by atoms with E-state index in [2.05, 4.69) is 107 Å². The molecule has 8 rings (SSSR count). The summed E-state index contributed by atoms with van der Waals surface area (Å²) < 4.78 is 0. The van der Waals surface area contributed by atoms with Crippen LogP contribution in [-0.2, 0) is 10.8 Å². The van der Waals surface area contributed by atoms with E-state index in [9.17, 15) is 4.79 Å². The third kappa shape index (κ3) is 3.28. The summed E-state index contributed by atoms with van der Waals surface area (Å²) in [6, 6.07) is 42.6. The molecule has 1 nitrogen and oxygen atoms in total. The molecular formula is C41H32O. The van der Waals surface area contributed by atoms with Crippen LogP contribution >= 0.6 is 0 Å². The van der Waals surface area contributed by atoms with Crippen LogP contribution in [-0.4, -0.2) is 5.78 Å². The molecular weight excluding hydrogens is 508 g/mol. The molecule has 0 aromatic heterocycles. The van der Waals surface area contributed by atoms with E-state index >= 15 is 0 Å². The van der Waals surface area contributed by atoms with Crippen LogP contribution in [0.2, 0.25) is 0 Å². The van der Waals surface area contributed by atoms with E-state index in [4.69, 9.17) is 0 Å². The molecule has 0 radical (unpaired) electrons. The summed E-state index contributed by atoms with van der Waals surface area (Å²) in [7, 11) is 0. The first-order valence-corrected chi connectivity index (χ1v) is 14.8. The minimum atomic E-state index is -0.170. The molecule has 0 saturated heterocycles. The van der Waals surface area contributed by atoms with Crippen molar-refractivity contribution in [1.82, 2.24) is 0 Å². The van der Waals surface area contributed by atoms with Gasteiger partial charge in [-0.2, -0.15) is 0 Å². The number of carbonyl (C=O) groups excluding carboxylic acids is 1. The van der Waals surface area contributed by atoms with Gasteiger partial charge in [-0.25, -0.2) is 0 Å². The van der Waals surface area contributed by atoms with Crippen molar-refractivity contribution < 1.29 is 4.79 Å². The minimum absolute atomic E-state index is 0.0509. The maximum absolute atomic E-state index is 13.0. The van der Waals surface area contributed by atoms with Crippen LogP contribution in [0.25, 0.3) is 44.2 Å². The Hall–Kier alpha value is -4.75. The zero-order valence-electron chi connectivity index (χ0n) is 24.5. The van der Waals surface area contributed by atoms with E-state index in [1.165, 1.54) is 60.8 Å². The third-order valence-corrected chi connectivity index (χ3v) is 9.84. The monoisotopic (exact) mass is 540 g/mol. The van der Waals surface area contributed by atoms with E-state index in [1.807, 2.05) is 42.5 Å². The van der Waals surface area contributed by atoms with E-state index < -0.39 is 0 Å².